The van der Waals surface area contributed by atoms with Crippen LogP contribution in [-0.2, 0) is 6.61 Å². The smallest absolute Gasteiger partial charge is 0.274 e. The lowest BCUT2D eigenvalue weighted by molar-refractivity contribution is 0.0706. The van der Waals surface area contributed by atoms with Gasteiger partial charge in [-0.15, -0.1) is 0 Å². The molecule has 1 amide bonds. The lowest BCUT2D eigenvalue weighted by Crippen LogP contribution is -2.18. The Morgan fingerprint density at radius 2 is 1.79 bits per heavy atom. The highest BCUT2D eigenvalue weighted by Crippen LogP contribution is 2.19. The average Bonchev–Trinajstić information content (AvgIpc) is 2.67. The van der Waals surface area contributed by atoms with Crippen molar-refractivity contribution in [1.29, 1.82) is 0 Å². The van der Waals surface area contributed by atoms with Gasteiger partial charge < -0.3 is 4.74 Å². The maximum absolute atomic E-state index is 11.5. The number of nitrogens with one attached hydrogen (secondary N) is 1. The van der Waals surface area contributed by atoms with Gasteiger partial charge in [0.05, 0.1) is 5.69 Å². The Morgan fingerprint density at radius 3 is 2.50 bits per heavy atom. The van der Waals surface area contributed by atoms with Crippen LogP contribution in [0.1, 0.15) is 15.9 Å². The van der Waals surface area contributed by atoms with Gasteiger partial charge in [-0.2, -0.15) is 0 Å². The summed E-state index contributed by atoms with van der Waals surface area (Å²) < 4.78 is 5.71. The molecule has 0 fully saturated rings. The van der Waals surface area contributed by atoms with Gasteiger partial charge in [0.25, 0.3) is 5.91 Å². The van der Waals surface area contributed by atoms with E-state index in [1.165, 1.54) is 12.3 Å². The van der Waals surface area contributed by atoms with Crippen LogP contribution in [0.5, 0.6) is 5.75 Å². The number of pyridine rings is 1. The fourth-order valence-electron chi connectivity index (χ4n) is 2.25. The van der Waals surface area contributed by atoms with Crippen molar-refractivity contribution in [2.45, 2.75) is 6.61 Å². The summed E-state index contributed by atoms with van der Waals surface area (Å²) in [4.78, 5) is 15.7. The first-order chi connectivity index (χ1) is 11.8. The molecule has 2 aromatic carbocycles. The molecule has 0 spiro atoms. The normalized spacial score (nSPS) is 10.2. The molecule has 2 N–H and O–H groups in total. The number of amides is 1. The summed E-state index contributed by atoms with van der Waals surface area (Å²) in [5.41, 5.74) is 4.54. The first-order valence-electron chi connectivity index (χ1n) is 7.44. The van der Waals surface area contributed by atoms with Gasteiger partial charge >= 0.3 is 0 Å². The molecule has 3 rings (SSSR count). The van der Waals surface area contributed by atoms with Crippen LogP contribution in [0.25, 0.3) is 11.3 Å². The van der Waals surface area contributed by atoms with Gasteiger partial charge in [-0.25, -0.2) is 5.48 Å². The van der Waals surface area contributed by atoms with Crippen LogP contribution in [0.3, 0.4) is 0 Å². The highest BCUT2D eigenvalue weighted by Gasteiger charge is 2.07. The molecule has 0 saturated heterocycles. The predicted octanol–water partition coefficient (Wildman–Crippen LogP) is 3.45. The van der Waals surface area contributed by atoms with Crippen molar-refractivity contribution in [3.05, 3.63) is 84.1 Å². The van der Waals surface area contributed by atoms with Gasteiger partial charge in [-0.05, 0) is 29.8 Å². The molecule has 1 heterocycles. The van der Waals surface area contributed by atoms with Crippen molar-refractivity contribution in [1.82, 2.24) is 10.5 Å². The number of carbonyl (C=O) groups excluding carboxylic acids is 1. The van der Waals surface area contributed by atoms with Crippen molar-refractivity contribution < 1.29 is 14.7 Å². The van der Waals surface area contributed by atoms with Crippen molar-refractivity contribution in [2.24, 2.45) is 0 Å². The van der Waals surface area contributed by atoms with E-state index in [0.29, 0.717) is 17.9 Å². The molecule has 120 valence electrons. The topological polar surface area (TPSA) is 71.5 Å². The van der Waals surface area contributed by atoms with Crippen LogP contribution < -0.4 is 10.2 Å². The summed E-state index contributed by atoms with van der Waals surface area (Å²) in [5.74, 6) is 0.262. The Labute approximate surface area is 139 Å². The second-order valence-electron chi connectivity index (χ2n) is 5.17. The number of hydrogen-bond donors (Lipinski definition) is 2. The summed E-state index contributed by atoms with van der Waals surface area (Å²) >= 11 is 0. The van der Waals surface area contributed by atoms with Crippen molar-refractivity contribution >= 4 is 5.91 Å². The maximum Gasteiger partial charge on any atom is 0.274 e. The second kappa shape index (κ2) is 7.39. The molecule has 1 aromatic heterocycles. The molecule has 3 aromatic rings. The molecular formula is C19H16N2O3. The molecule has 5 nitrogen and oxygen atoms in total. The number of para-hydroxylation sites is 1. The first kappa shape index (κ1) is 15.7. The molecular weight excluding hydrogens is 304 g/mol. The van der Waals surface area contributed by atoms with Crippen molar-refractivity contribution in [3.8, 4) is 17.0 Å². The van der Waals surface area contributed by atoms with Crippen molar-refractivity contribution in [2.75, 3.05) is 0 Å². The van der Waals surface area contributed by atoms with Crippen LogP contribution >= 0.6 is 0 Å². The molecule has 0 aliphatic rings. The lowest BCUT2D eigenvalue weighted by Gasteiger charge is -2.07. The van der Waals surface area contributed by atoms with E-state index in [4.69, 9.17) is 9.94 Å². The van der Waals surface area contributed by atoms with Gasteiger partial charge in [-0.1, -0.05) is 42.5 Å². The van der Waals surface area contributed by atoms with Crippen LogP contribution in [0, 0.1) is 0 Å². The molecule has 5 heteroatoms. The minimum Gasteiger partial charge on any atom is -0.489 e. The number of hydroxylamine groups is 1. The third-order valence-corrected chi connectivity index (χ3v) is 3.52. The lowest BCUT2D eigenvalue weighted by atomic mass is 10.1. The Bertz CT molecular complexity index is 818. The number of benzene rings is 2. The van der Waals surface area contributed by atoms with E-state index in [-0.39, 0.29) is 0 Å². The van der Waals surface area contributed by atoms with Gasteiger partial charge in [0.1, 0.15) is 12.4 Å². The molecule has 0 saturated carbocycles. The molecule has 0 aliphatic carbocycles. The van der Waals surface area contributed by atoms with Gasteiger partial charge in [0, 0.05) is 17.3 Å². The number of ether oxygens (including phenoxy) is 1. The van der Waals surface area contributed by atoms with E-state index >= 15 is 0 Å². The highest BCUT2D eigenvalue weighted by atomic mass is 16.5. The Balaban J connectivity index is 1.71. The highest BCUT2D eigenvalue weighted by molar-refractivity contribution is 5.94. The Kier molecular flexibility index (Phi) is 4.84. The number of hydrogen-bond acceptors (Lipinski definition) is 4. The third-order valence-electron chi connectivity index (χ3n) is 3.52. The number of aromatic nitrogens is 1. The van der Waals surface area contributed by atoms with E-state index in [0.717, 1.165) is 16.9 Å². The fourth-order valence-corrected chi connectivity index (χ4v) is 2.25. The number of carbonyl (C=O) groups is 1. The van der Waals surface area contributed by atoms with Crippen LogP contribution in [0.2, 0.25) is 0 Å². The summed E-state index contributed by atoms with van der Waals surface area (Å²) in [6.07, 6.45) is 1.53. The molecule has 0 atom stereocenters. The molecule has 0 bridgehead atoms. The zero-order valence-corrected chi connectivity index (χ0v) is 12.8. The van der Waals surface area contributed by atoms with Crippen molar-refractivity contribution in [3.63, 3.8) is 0 Å². The zero-order valence-electron chi connectivity index (χ0n) is 12.8. The second-order valence-corrected chi connectivity index (χ2v) is 5.17. The summed E-state index contributed by atoms with van der Waals surface area (Å²) in [5, 5.41) is 8.71. The van der Waals surface area contributed by atoms with Gasteiger partial charge in [0.2, 0.25) is 0 Å². The van der Waals surface area contributed by atoms with E-state index in [9.17, 15) is 4.79 Å². The zero-order chi connectivity index (χ0) is 16.8. The Morgan fingerprint density at radius 1 is 1.04 bits per heavy atom. The molecule has 24 heavy (non-hydrogen) atoms. The van der Waals surface area contributed by atoms with Gasteiger partial charge in [0.15, 0.2) is 0 Å². The fraction of sp³-hybridized carbons (Fsp3) is 0.0526. The third kappa shape index (κ3) is 3.77. The van der Waals surface area contributed by atoms with Crippen LogP contribution in [0.4, 0.5) is 0 Å². The summed E-state index contributed by atoms with van der Waals surface area (Å²) in [6, 6.07) is 20.6. The average molecular weight is 320 g/mol. The first-order valence-corrected chi connectivity index (χ1v) is 7.44. The summed E-state index contributed by atoms with van der Waals surface area (Å²) in [6.45, 7) is 0.477. The minimum absolute atomic E-state index is 0.346. The maximum atomic E-state index is 11.5. The largest absolute Gasteiger partial charge is 0.489 e. The predicted molar refractivity (Wildman–Crippen MR) is 89.7 cm³/mol. The van der Waals surface area contributed by atoms with E-state index in [2.05, 4.69) is 4.98 Å². The molecule has 0 aliphatic heterocycles. The van der Waals surface area contributed by atoms with Crippen LogP contribution in [-0.4, -0.2) is 16.1 Å². The molecule has 0 radical (unpaired) electrons. The van der Waals surface area contributed by atoms with Gasteiger partial charge in [-0.3, -0.25) is 15.0 Å². The van der Waals surface area contributed by atoms with Crippen LogP contribution in [0.15, 0.2) is 72.9 Å². The quantitative estimate of drug-likeness (QED) is 0.558. The number of rotatable bonds is 5. The van der Waals surface area contributed by atoms with E-state index < -0.39 is 5.91 Å². The standard InChI is InChI=1S/C19H16N2O3/c22-19(21-23)16-10-11-20-18(12-16)15-8-6-14(7-9-15)13-24-17-4-2-1-3-5-17/h1-12,23H,13H2,(H,21,22). The van der Waals surface area contributed by atoms with E-state index in [1.54, 1.807) is 11.5 Å². The SMILES string of the molecule is O=C(NO)c1ccnc(-c2ccc(COc3ccccc3)cc2)c1. The summed E-state index contributed by atoms with van der Waals surface area (Å²) in [7, 11) is 0. The minimum atomic E-state index is -0.563. The molecule has 0 unspecified atom stereocenters. The monoisotopic (exact) mass is 320 g/mol. The number of nitrogens with zero attached hydrogens (tertiary/aromatic N) is 1. The Hall–Kier alpha value is -3.18. The van der Waals surface area contributed by atoms with E-state index in [1.807, 2.05) is 54.6 Å².